The van der Waals surface area contributed by atoms with Crippen molar-refractivity contribution in [3.63, 3.8) is 0 Å². The van der Waals surface area contributed by atoms with E-state index in [9.17, 15) is 9.90 Å². The Kier molecular flexibility index (Phi) is 5.57. The van der Waals surface area contributed by atoms with E-state index in [1.165, 1.54) is 13.3 Å². The molecule has 0 bridgehead atoms. The molecule has 0 aliphatic heterocycles. The van der Waals surface area contributed by atoms with Crippen LogP contribution in [-0.2, 0) is 4.79 Å². The van der Waals surface area contributed by atoms with Crippen molar-refractivity contribution in [1.29, 1.82) is 0 Å². The predicted octanol–water partition coefficient (Wildman–Crippen LogP) is 2.27. The number of hydrogen-bond donors (Lipinski definition) is 3. The molecule has 0 aromatic heterocycles. The van der Waals surface area contributed by atoms with E-state index in [1.54, 1.807) is 18.2 Å². The molecule has 1 amide bonds. The van der Waals surface area contributed by atoms with Crippen LogP contribution >= 0.6 is 0 Å². The fourth-order valence-electron chi connectivity index (χ4n) is 1.97. The highest BCUT2D eigenvalue weighted by molar-refractivity contribution is 5.87. The summed E-state index contributed by atoms with van der Waals surface area (Å²) in [5.74, 6) is 0.0411. The Balaban J connectivity index is 1.88. The second-order valence-corrected chi connectivity index (χ2v) is 4.86. The Morgan fingerprint density at radius 1 is 1.26 bits per heavy atom. The van der Waals surface area contributed by atoms with Crippen LogP contribution in [-0.4, -0.2) is 30.9 Å². The number of anilines is 1. The van der Waals surface area contributed by atoms with Crippen molar-refractivity contribution in [3.8, 4) is 11.5 Å². The summed E-state index contributed by atoms with van der Waals surface area (Å²) >= 11 is 0. The molecule has 0 atom stereocenters. The van der Waals surface area contributed by atoms with Crippen molar-refractivity contribution in [2.24, 2.45) is 5.10 Å². The summed E-state index contributed by atoms with van der Waals surface area (Å²) in [4.78, 5) is 11.8. The van der Waals surface area contributed by atoms with Crippen molar-refractivity contribution in [1.82, 2.24) is 5.43 Å². The molecular weight excluding hydrogens is 294 g/mol. The number of ether oxygens (including phenoxy) is 1. The molecular formula is C17H19N3O3. The fourth-order valence-corrected chi connectivity index (χ4v) is 1.97. The number of benzene rings is 2. The van der Waals surface area contributed by atoms with Crippen LogP contribution < -0.4 is 15.5 Å². The minimum atomic E-state index is -0.285. The SMILES string of the molecule is COc1cccc(/C=N/NC(=O)CNc2ccccc2C)c1O. The maximum absolute atomic E-state index is 11.8. The van der Waals surface area contributed by atoms with Gasteiger partial charge in [0.1, 0.15) is 0 Å². The van der Waals surface area contributed by atoms with Crippen molar-refractivity contribution >= 4 is 17.8 Å². The third-order valence-electron chi connectivity index (χ3n) is 3.23. The van der Waals surface area contributed by atoms with E-state index < -0.39 is 0 Å². The molecule has 6 heteroatoms. The minimum absolute atomic E-state index is 0.0222. The smallest absolute Gasteiger partial charge is 0.259 e. The maximum atomic E-state index is 11.8. The maximum Gasteiger partial charge on any atom is 0.259 e. The van der Waals surface area contributed by atoms with Crippen molar-refractivity contribution in [2.45, 2.75) is 6.92 Å². The standard InChI is InChI=1S/C17H19N3O3/c1-12-6-3-4-8-14(12)18-11-16(21)20-19-10-13-7-5-9-15(23-2)17(13)22/h3-10,18,22H,11H2,1-2H3,(H,20,21)/b19-10+. The molecule has 120 valence electrons. The van der Waals surface area contributed by atoms with Crippen LogP contribution in [0.3, 0.4) is 0 Å². The van der Waals surface area contributed by atoms with Gasteiger partial charge in [0.05, 0.1) is 19.9 Å². The number of aryl methyl sites for hydroxylation is 1. The second-order valence-electron chi connectivity index (χ2n) is 4.86. The van der Waals surface area contributed by atoms with E-state index in [0.29, 0.717) is 11.3 Å². The van der Waals surface area contributed by atoms with Crippen LogP contribution in [0.1, 0.15) is 11.1 Å². The molecule has 0 saturated heterocycles. The van der Waals surface area contributed by atoms with E-state index in [-0.39, 0.29) is 18.2 Å². The first-order chi connectivity index (χ1) is 11.1. The molecule has 2 rings (SSSR count). The van der Waals surface area contributed by atoms with E-state index in [1.807, 2.05) is 31.2 Å². The fraction of sp³-hybridized carbons (Fsp3) is 0.176. The summed E-state index contributed by atoms with van der Waals surface area (Å²) in [6.45, 7) is 2.07. The molecule has 3 N–H and O–H groups in total. The van der Waals surface area contributed by atoms with Gasteiger partial charge in [0.25, 0.3) is 5.91 Å². The minimum Gasteiger partial charge on any atom is -0.504 e. The molecule has 6 nitrogen and oxygen atoms in total. The van der Waals surface area contributed by atoms with Crippen molar-refractivity contribution in [3.05, 3.63) is 53.6 Å². The molecule has 0 spiro atoms. The summed E-state index contributed by atoms with van der Waals surface area (Å²) in [7, 11) is 1.47. The quantitative estimate of drug-likeness (QED) is 0.564. The van der Waals surface area contributed by atoms with Gasteiger partial charge in [0.15, 0.2) is 11.5 Å². The van der Waals surface area contributed by atoms with Crippen molar-refractivity contribution in [2.75, 3.05) is 19.0 Å². The van der Waals surface area contributed by atoms with Crippen LogP contribution in [0.15, 0.2) is 47.6 Å². The molecule has 2 aromatic carbocycles. The Labute approximate surface area is 134 Å². The highest BCUT2D eigenvalue weighted by Crippen LogP contribution is 2.27. The lowest BCUT2D eigenvalue weighted by Crippen LogP contribution is -2.26. The normalized spacial score (nSPS) is 10.5. The zero-order valence-corrected chi connectivity index (χ0v) is 13.0. The number of rotatable bonds is 6. The van der Waals surface area contributed by atoms with Crippen LogP contribution in [0.4, 0.5) is 5.69 Å². The molecule has 0 saturated carbocycles. The number of nitrogens with one attached hydrogen (secondary N) is 2. The topological polar surface area (TPSA) is 83.0 Å². The molecule has 0 radical (unpaired) electrons. The molecule has 23 heavy (non-hydrogen) atoms. The largest absolute Gasteiger partial charge is 0.504 e. The first kappa shape index (κ1) is 16.4. The van der Waals surface area contributed by atoms with Gasteiger partial charge < -0.3 is 15.2 Å². The van der Waals surface area contributed by atoms with E-state index in [2.05, 4.69) is 15.8 Å². The number of carbonyl (C=O) groups excluding carboxylic acids is 1. The molecule has 0 aliphatic carbocycles. The first-order valence-corrected chi connectivity index (χ1v) is 7.09. The molecule has 0 heterocycles. The van der Waals surface area contributed by atoms with Gasteiger partial charge in [-0.1, -0.05) is 24.3 Å². The van der Waals surface area contributed by atoms with Gasteiger partial charge in [0, 0.05) is 11.3 Å². The summed E-state index contributed by atoms with van der Waals surface area (Å²) in [5, 5.41) is 16.8. The van der Waals surface area contributed by atoms with Crippen LogP contribution in [0.25, 0.3) is 0 Å². The second kappa shape index (κ2) is 7.84. The van der Waals surface area contributed by atoms with Crippen molar-refractivity contribution < 1.29 is 14.6 Å². The number of phenols is 1. The lowest BCUT2D eigenvalue weighted by Gasteiger charge is -2.08. The number of nitrogens with zero attached hydrogens (tertiary/aromatic N) is 1. The Morgan fingerprint density at radius 2 is 2.04 bits per heavy atom. The van der Waals surface area contributed by atoms with Gasteiger partial charge in [-0.25, -0.2) is 5.43 Å². The van der Waals surface area contributed by atoms with E-state index in [0.717, 1.165) is 11.3 Å². The van der Waals surface area contributed by atoms with Crippen LogP contribution in [0.5, 0.6) is 11.5 Å². The summed E-state index contributed by atoms with van der Waals surface area (Å²) in [6, 6.07) is 12.7. The summed E-state index contributed by atoms with van der Waals surface area (Å²) < 4.78 is 5.00. The van der Waals surface area contributed by atoms with Gasteiger partial charge in [-0.2, -0.15) is 5.10 Å². The molecule has 0 unspecified atom stereocenters. The van der Waals surface area contributed by atoms with Gasteiger partial charge in [0.2, 0.25) is 0 Å². The zero-order valence-electron chi connectivity index (χ0n) is 13.0. The average Bonchev–Trinajstić information content (AvgIpc) is 2.55. The average molecular weight is 313 g/mol. The Morgan fingerprint density at radius 3 is 2.78 bits per heavy atom. The zero-order chi connectivity index (χ0) is 16.7. The highest BCUT2D eigenvalue weighted by Gasteiger charge is 2.05. The number of para-hydroxylation sites is 2. The summed E-state index contributed by atoms with van der Waals surface area (Å²) in [6.07, 6.45) is 1.36. The Bertz CT molecular complexity index is 714. The van der Waals surface area contributed by atoms with E-state index >= 15 is 0 Å². The lowest BCUT2D eigenvalue weighted by atomic mass is 10.2. The number of methoxy groups -OCH3 is 1. The molecule has 2 aromatic rings. The van der Waals surface area contributed by atoms with Crippen LogP contribution in [0, 0.1) is 6.92 Å². The number of amides is 1. The van der Waals surface area contributed by atoms with Gasteiger partial charge >= 0.3 is 0 Å². The lowest BCUT2D eigenvalue weighted by molar-refractivity contribution is -0.119. The Hall–Kier alpha value is -3.02. The van der Waals surface area contributed by atoms with Gasteiger partial charge in [-0.3, -0.25) is 4.79 Å². The van der Waals surface area contributed by atoms with Gasteiger partial charge in [-0.15, -0.1) is 0 Å². The summed E-state index contributed by atoms with van der Waals surface area (Å²) in [5.41, 5.74) is 4.82. The number of hydrogen-bond acceptors (Lipinski definition) is 5. The first-order valence-electron chi connectivity index (χ1n) is 7.09. The monoisotopic (exact) mass is 313 g/mol. The number of hydrazone groups is 1. The molecule has 0 fully saturated rings. The number of carbonyl (C=O) groups is 1. The predicted molar refractivity (Wildman–Crippen MR) is 90.1 cm³/mol. The highest BCUT2D eigenvalue weighted by atomic mass is 16.5. The third-order valence-corrected chi connectivity index (χ3v) is 3.23. The molecule has 0 aliphatic rings. The van der Waals surface area contributed by atoms with Crippen LogP contribution in [0.2, 0.25) is 0 Å². The van der Waals surface area contributed by atoms with E-state index in [4.69, 9.17) is 4.74 Å². The van der Waals surface area contributed by atoms with Gasteiger partial charge in [-0.05, 0) is 30.7 Å². The third kappa shape index (κ3) is 4.47. The number of aromatic hydroxyl groups is 1. The number of phenolic OH excluding ortho intramolecular Hbond substituents is 1.